The highest BCUT2D eigenvalue weighted by atomic mass is 19.3. The van der Waals surface area contributed by atoms with Crippen molar-refractivity contribution >= 4 is 5.91 Å². The van der Waals surface area contributed by atoms with Gasteiger partial charge in [0.25, 0.3) is 5.91 Å². The SMILES string of the molecule is N#Cc1ccccc1OCc1ccc(C(=O)NCCc2ccc(OC(F)F)cc2)o1. The van der Waals surface area contributed by atoms with E-state index in [2.05, 4.69) is 10.1 Å². The van der Waals surface area contributed by atoms with Crippen LogP contribution in [0.25, 0.3) is 0 Å². The topological polar surface area (TPSA) is 84.5 Å². The third kappa shape index (κ3) is 5.82. The number of nitrogens with one attached hydrogen (secondary N) is 1. The Bertz CT molecular complexity index is 1030. The Morgan fingerprint density at radius 1 is 1.10 bits per heavy atom. The van der Waals surface area contributed by atoms with Crippen molar-refractivity contribution in [1.82, 2.24) is 5.32 Å². The highest BCUT2D eigenvalue weighted by Gasteiger charge is 2.12. The maximum Gasteiger partial charge on any atom is 0.387 e. The number of hydrogen-bond acceptors (Lipinski definition) is 5. The number of carbonyl (C=O) groups is 1. The van der Waals surface area contributed by atoms with Gasteiger partial charge in [-0.3, -0.25) is 4.79 Å². The average Bonchev–Trinajstić information content (AvgIpc) is 3.22. The van der Waals surface area contributed by atoms with Crippen LogP contribution in [-0.2, 0) is 13.0 Å². The average molecular weight is 412 g/mol. The monoisotopic (exact) mass is 412 g/mol. The van der Waals surface area contributed by atoms with Gasteiger partial charge in [-0.2, -0.15) is 14.0 Å². The van der Waals surface area contributed by atoms with E-state index in [9.17, 15) is 13.6 Å². The van der Waals surface area contributed by atoms with E-state index in [0.29, 0.717) is 30.0 Å². The number of rotatable bonds is 9. The summed E-state index contributed by atoms with van der Waals surface area (Å²) in [7, 11) is 0. The molecule has 3 aromatic rings. The number of furan rings is 1. The molecule has 0 unspecified atom stereocenters. The predicted octanol–water partition coefficient (Wildman–Crippen LogP) is 4.30. The molecular weight excluding hydrogens is 394 g/mol. The van der Waals surface area contributed by atoms with Crippen LogP contribution in [0.4, 0.5) is 8.78 Å². The minimum absolute atomic E-state index is 0.0824. The van der Waals surface area contributed by atoms with Crippen LogP contribution in [0.15, 0.2) is 65.1 Å². The zero-order valence-electron chi connectivity index (χ0n) is 15.8. The number of para-hydroxylation sites is 1. The second-order valence-electron chi connectivity index (χ2n) is 6.19. The molecule has 3 rings (SSSR count). The summed E-state index contributed by atoms with van der Waals surface area (Å²) in [6.45, 7) is -2.44. The molecule has 2 aromatic carbocycles. The molecule has 0 spiro atoms. The van der Waals surface area contributed by atoms with Crippen LogP contribution in [0, 0.1) is 11.3 Å². The molecule has 8 heteroatoms. The van der Waals surface area contributed by atoms with Gasteiger partial charge in [-0.05, 0) is 48.4 Å². The lowest BCUT2D eigenvalue weighted by Crippen LogP contribution is -2.25. The molecular formula is C22H18F2N2O4. The van der Waals surface area contributed by atoms with E-state index in [1.54, 1.807) is 48.5 Å². The lowest BCUT2D eigenvalue weighted by molar-refractivity contribution is -0.0498. The largest absolute Gasteiger partial charge is 0.484 e. The normalized spacial score (nSPS) is 10.5. The molecule has 0 aliphatic heterocycles. The van der Waals surface area contributed by atoms with Crippen molar-refractivity contribution in [1.29, 1.82) is 5.26 Å². The van der Waals surface area contributed by atoms with Gasteiger partial charge < -0.3 is 19.2 Å². The molecule has 0 radical (unpaired) electrons. The molecule has 0 saturated carbocycles. The molecule has 0 fully saturated rings. The highest BCUT2D eigenvalue weighted by molar-refractivity contribution is 5.91. The van der Waals surface area contributed by atoms with Gasteiger partial charge in [0.15, 0.2) is 5.76 Å². The first kappa shape index (κ1) is 20.9. The quantitative estimate of drug-likeness (QED) is 0.566. The van der Waals surface area contributed by atoms with E-state index in [0.717, 1.165) is 5.56 Å². The van der Waals surface area contributed by atoms with Crippen LogP contribution in [0.2, 0.25) is 0 Å². The van der Waals surface area contributed by atoms with E-state index >= 15 is 0 Å². The Morgan fingerprint density at radius 3 is 2.60 bits per heavy atom. The van der Waals surface area contributed by atoms with Gasteiger partial charge in [0, 0.05) is 6.54 Å². The van der Waals surface area contributed by atoms with Gasteiger partial charge >= 0.3 is 6.61 Å². The molecule has 0 aliphatic carbocycles. The maximum atomic E-state index is 12.2. The van der Waals surface area contributed by atoms with Gasteiger partial charge in [-0.25, -0.2) is 0 Å². The zero-order chi connectivity index (χ0) is 21.3. The maximum absolute atomic E-state index is 12.2. The third-order valence-electron chi connectivity index (χ3n) is 4.11. The number of alkyl halides is 2. The number of carbonyl (C=O) groups excluding carboxylic acids is 1. The zero-order valence-corrected chi connectivity index (χ0v) is 15.8. The van der Waals surface area contributed by atoms with Crippen molar-refractivity contribution in [3.63, 3.8) is 0 Å². The number of benzene rings is 2. The molecule has 1 N–H and O–H groups in total. The lowest BCUT2D eigenvalue weighted by Gasteiger charge is -2.07. The van der Waals surface area contributed by atoms with Crippen molar-refractivity contribution in [2.75, 3.05) is 6.54 Å². The number of amides is 1. The van der Waals surface area contributed by atoms with Crippen LogP contribution < -0.4 is 14.8 Å². The number of nitriles is 1. The smallest absolute Gasteiger partial charge is 0.387 e. The molecule has 154 valence electrons. The Kier molecular flexibility index (Phi) is 7.00. The molecule has 0 bridgehead atoms. The van der Waals surface area contributed by atoms with Gasteiger partial charge in [0.05, 0.1) is 5.56 Å². The van der Waals surface area contributed by atoms with Crippen LogP contribution in [-0.4, -0.2) is 19.1 Å². The summed E-state index contributed by atoms with van der Waals surface area (Å²) in [5.41, 5.74) is 1.28. The molecule has 1 aromatic heterocycles. The molecule has 0 aliphatic rings. The fourth-order valence-corrected chi connectivity index (χ4v) is 2.66. The lowest BCUT2D eigenvalue weighted by atomic mass is 10.1. The molecule has 30 heavy (non-hydrogen) atoms. The van der Waals surface area contributed by atoms with E-state index in [1.807, 2.05) is 6.07 Å². The summed E-state index contributed by atoms with van der Waals surface area (Å²) >= 11 is 0. The van der Waals surface area contributed by atoms with Gasteiger partial charge in [0.2, 0.25) is 0 Å². The number of hydrogen-bond donors (Lipinski definition) is 1. The van der Waals surface area contributed by atoms with Crippen molar-refractivity contribution in [3.05, 3.63) is 83.3 Å². The van der Waals surface area contributed by atoms with Crippen molar-refractivity contribution in [2.24, 2.45) is 0 Å². The fraction of sp³-hybridized carbons (Fsp3) is 0.182. The van der Waals surface area contributed by atoms with Crippen molar-refractivity contribution < 1.29 is 27.5 Å². The fourth-order valence-electron chi connectivity index (χ4n) is 2.66. The summed E-state index contributed by atoms with van der Waals surface area (Å²) in [5.74, 6) is 0.731. The van der Waals surface area contributed by atoms with Crippen LogP contribution in [0.5, 0.6) is 11.5 Å². The molecule has 6 nitrogen and oxygen atoms in total. The van der Waals surface area contributed by atoms with Crippen LogP contribution >= 0.6 is 0 Å². The van der Waals surface area contributed by atoms with E-state index in [-0.39, 0.29) is 24.0 Å². The summed E-state index contributed by atoms with van der Waals surface area (Å²) in [6.07, 6.45) is 0.516. The summed E-state index contributed by atoms with van der Waals surface area (Å²) in [4.78, 5) is 12.2. The van der Waals surface area contributed by atoms with E-state index in [1.165, 1.54) is 12.1 Å². The second-order valence-corrected chi connectivity index (χ2v) is 6.19. The standard InChI is InChI=1S/C22H18F2N2O4/c23-22(24)30-17-7-5-15(6-8-17)11-12-26-21(27)20-10-9-18(29-20)14-28-19-4-2-1-3-16(19)13-25/h1-10,22H,11-12,14H2,(H,26,27). The van der Waals surface area contributed by atoms with Gasteiger partial charge in [-0.15, -0.1) is 0 Å². The molecule has 1 heterocycles. The summed E-state index contributed by atoms with van der Waals surface area (Å²) in [6, 6.07) is 18.3. The molecule has 0 atom stereocenters. The Labute approximate surface area is 171 Å². The Hall–Kier alpha value is -3.86. The first-order valence-corrected chi connectivity index (χ1v) is 9.08. The Balaban J connectivity index is 1.46. The number of nitrogens with zero attached hydrogens (tertiary/aromatic N) is 1. The molecule has 0 saturated heterocycles. The number of halogens is 2. The van der Waals surface area contributed by atoms with Gasteiger partial charge in [0.1, 0.15) is 29.9 Å². The van der Waals surface area contributed by atoms with E-state index in [4.69, 9.17) is 14.4 Å². The predicted molar refractivity (Wildman–Crippen MR) is 103 cm³/mol. The number of ether oxygens (including phenoxy) is 2. The minimum atomic E-state index is -2.86. The minimum Gasteiger partial charge on any atom is -0.484 e. The van der Waals surface area contributed by atoms with Crippen LogP contribution in [0.1, 0.15) is 27.4 Å². The van der Waals surface area contributed by atoms with E-state index < -0.39 is 6.61 Å². The van der Waals surface area contributed by atoms with Crippen molar-refractivity contribution in [3.8, 4) is 17.6 Å². The third-order valence-corrected chi connectivity index (χ3v) is 4.11. The summed E-state index contributed by atoms with van der Waals surface area (Å²) in [5, 5.41) is 11.8. The molecule has 1 amide bonds. The second kappa shape index (κ2) is 10.1. The van der Waals surface area contributed by atoms with Crippen molar-refractivity contribution in [2.45, 2.75) is 19.6 Å². The first-order valence-electron chi connectivity index (χ1n) is 9.08. The van der Waals surface area contributed by atoms with Gasteiger partial charge in [-0.1, -0.05) is 24.3 Å². The first-order chi connectivity index (χ1) is 14.5. The highest BCUT2D eigenvalue weighted by Crippen LogP contribution is 2.19. The van der Waals surface area contributed by atoms with Crippen LogP contribution in [0.3, 0.4) is 0 Å². The Morgan fingerprint density at radius 2 is 1.87 bits per heavy atom. The summed E-state index contributed by atoms with van der Waals surface area (Å²) < 4.78 is 39.6.